The molecule has 1 fully saturated rings. The molecule has 17 heavy (non-hydrogen) atoms. The first kappa shape index (κ1) is 12.6. The second kappa shape index (κ2) is 5.23. The molecule has 2 rings (SSSR count). The summed E-state index contributed by atoms with van der Waals surface area (Å²) in [5, 5.41) is 4.00. The average molecular weight is 243 g/mol. The minimum Gasteiger partial charge on any atom is -0.434 e. The molecule has 0 aliphatic carbocycles. The summed E-state index contributed by atoms with van der Waals surface area (Å²) >= 11 is 0. The van der Waals surface area contributed by atoms with Gasteiger partial charge in [-0.05, 0) is 18.0 Å². The number of nitrogens with zero attached hydrogens (tertiary/aromatic N) is 1. The van der Waals surface area contributed by atoms with Crippen molar-refractivity contribution in [2.24, 2.45) is 11.1 Å². The van der Waals surface area contributed by atoms with Gasteiger partial charge in [0.25, 0.3) is 5.79 Å². The smallest absolute Gasteiger partial charge is 0.271 e. The van der Waals surface area contributed by atoms with E-state index in [1.807, 2.05) is 13.8 Å². The highest BCUT2D eigenvalue weighted by atomic mass is 16.8. The molecule has 0 aromatic rings. The van der Waals surface area contributed by atoms with Gasteiger partial charge >= 0.3 is 0 Å². The summed E-state index contributed by atoms with van der Waals surface area (Å²) in [5.74, 6) is 0.353. The molecule has 2 unspecified atom stereocenters. The Bertz CT molecular complexity index is 286. The molecule has 2 aliphatic rings. The fraction of sp³-hybridized carbons (Fsp3) is 0.917. The Hall–Kier alpha value is -0.810. The molecular weight excluding hydrogens is 222 g/mol. The van der Waals surface area contributed by atoms with Crippen LogP contribution in [0.2, 0.25) is 0 Å². The quantitative estimate of drug-likeness (QED) is 0.506. The van der Waals surface area contributed by atoms with Crippen molar-refractivity contribution in [1.29, 1.82) is 0 Å². The van der Waals surface area contributed by atoms with Crippen molar-refractivity contribution in [3.05, 3.63) is 0 Å². The molecular formula is C12H21NO4. The van der Waals surface area contributed by atoms with Gasteiger partial charge in [-0.15, -0.1) is 0 Å². The topological polar surface area (TPSA) is 52.6 Å². The Morgan fingerprint density at radius 1 is 1.53 bits per heavy atom. The van der Waals surface area contributed by atoms with Crippen LogP contribution >= 0.6 is 0 Å². The van der Waals surface area contributed by atoms with Crippen LogP contribution < -0.4 is 0 Å². The largest absolute Gasteiger partial charge is 0.434 e. The molecule has 0 aromatic carbocycles. The van der Waals surface area contributed by atoms with Crippen LogP contribution in [0.3, 0.4) is 0 Å². The Balaban J connectivity index is 1.68. The van der Waals surface area contributed by atoms with Crippen molar-refractivity contribution < 1.29 is 19.0 Å². The van der Waals surface area contributed by atoms with Gasteiger partial charge in [0.1, 0.15) is 6.10 Å². The number of rotatable bonds is 7. The van der Waals surface area contributed by atoms with E-state index in [9.17, 15) is 0 Å². The summed E-state index contributed by atoms with van der Waals surface area (Å²) < 4.78 is 16.2. The second-order valence-electron chi connectivity index (χ2n) is 4.95. The number of ether oxygens (including phenoxy) is 3. The molecule has 1 saturated heterocycles. The Labute approximate surface area is 102 Å². The molecule has 98 valence electrons. The van der Waals surface area contributed by atoms with E-state index < -0.39 is 5.79 Å². The molecule has 0 aromatic heterocycles. The average Bonchev–Trinajstić information content (AvgIpc) is 3.03. The molecule has 0 amide bonds. The first-order valence-corrected chi connectivity index (χ1v) is 6.25. The van der Waals surface area contributed by atoms with Crippen LogP contribution in [-0.2, 0) is 19.0 Å². The maximum atomic E-state index is 5.64. The fourth-order valence-electron chi connectivity index (χ4n) is 1.71. The van der Waals surface area contributed by atoms with Gasteiger partial charge in [-0.1, -0.05) is 6.92 Å². The van der Waals surface area contributed by atoms with E-state index in [0.29, 0.717) is 25.2 Å². The van der Waals surface area contributed by atoms with Crippen molar-refractivity contribution in [1.82, 2.24) is 0 Å². The van der Waals surface area contributed by atoms with Gasteiger partial charge in [0.2, 0.25) is 5.90 Å². The molecule has 5 nitrogen and oxygen atoms in total. The van der Waals surface area contributed by atoms with Crippen LogP contribution in [0.4, 0.5) is 0 Å². The summed E-state index contributed by atoms with van der Waals surface area (Å²) in [4.78, 5) is 5.20. The van der Waals surface area contributed by atoms with E-state index in [1.54, 1.807) is 0 Å². The summed E-state index contributed by atoms with van der Waals surface area (Å²) in [5.41, 5.74) is 0. The molecule has 2 atom stereocenters. The van der Waals surface area contributed by atoms with Crippen LogP contribution in [0.5, 0.6) is 0 Å². The lowest BCUT2D eigenvalue weighted by molar-refractivity contribution is -0.130. The third kappa shape index (κ3) is 3.85. The molecule has 0 radical (unpaired) electrons. The Kier molecular flexibility index (Phi) is 3.89. The standard InChI is InChI=1S/C12H21NO4/c1-4-9(5-6-14-7-10-8-15-10)11-13-17-12(2,3)16-11/h9-10H,4-8H2,1-3H3. The van der Waals surface area contributed by atoms with Gasteiger partial charge < -0.3 is 19.0 Å². The summed E-state index contributed by atoms with van der Waals surface area (Å²) in [6, 6.07) is 0. The van der Waals surface area contributed by atoms with Crippen LogP contribution in [-0.4, -0.2) is 37.6 Å². The van der Waals surface area contributed by atoms with E-state index in [-0.39, 0.29) is 5.92 Å². The van der Waals surface area contributed by atoms with Gasteiger partial charge in [0, 0.05) is 26.4 Å². The van der Waals surface area contributed by atoms with E-state index in [2.05, 4.69) is 12.1 Å². The van der Waals surface area contributed by atoms with Gasteiger partial charge in [-0.25, -0.2) is 0 Å². The van der Waals surface area contributed by atoms with E-state index >= 15 is 0 Å². The minimum atomic E-state index is -0.620. The number of epoxide rings is 1. The predicted octanol–water partition coefficient (Wildman–Crippen LogP) is 1.91. The maximum absolute atomic E-state index is 5.64. The number of hydrogen-bond donors (Lipinski definition) is 0. The molecule has 2 heterocycles. The molecule has 2 aliphatic heterocycles. The zero-order valence-electron chi connectivity index (χ0n) is 10.8. The lowest BCUT2D eigenvalue weighted by atomic mass is 10.0. The lowest BCUT2D eigenvalue weighted by Gasteiger charge is -2.18. The van der Waals surface area contributed by atoms with E-state index in [4.69, 9.17) is 19.0 Å². The molecule has 0 saturated carbocycles. The minimum absolute atomic E-state index is 0.275. The SMILES string of the molecule is CCC(CCOCC1CO1)C1=NOC(C)(C)O1. The molecule has 0 bridgehead atoms. The highest BCUT2D eigenvalue weighted by Gasteiger charge is 2.33. The molecule has 0 N–H and O–H groups in total. The van der Waals surface area contributed by atoms with Crippen LogP contribution in [0.1, 0.15) is 33.6 Å². The predicted molar refractivity (Wildman–Crippen MR) is 62.6 cm³/mol. The van der Waals surface area contributed by atoms with Crippen LogP contribution in [0.25, 0.3) is 0 Å². The summed E-state index contributed by atoms with van der Waals surface area (Å²) in [6.07, 6.45) is 2.21. The van der Waals surface area contributed by atoms with Crippen LogP contribution in [0.15, 0.2) is 5.16 Å². The first-order chi connectivity index (χ1) is 8.11. The van der Waals surface area contributed by atoms with Crippen molar-refractivity contribution >= 4 is 5.90 Å². The second-order valence-corrected chi connectivity index (χ2v) is 4.95. The van der Waals surface area contributed by atoms with Crippen LogP contribution in [0, 0.1) is 5.92 Å². The lowest BCUT2D eigenvalue weighted by Crippen LogP contribution is -2.26. The third-order valence-electron chi connectivity index (χ3n) is 2.86. The molecule has 5 heteroatoms. The highest BCUT2D eigenvalue weighted by molar-refractivity contribution is 5.79. The monoisotopic (exact) mass is 243 g/mol. The molecule has 0 spiro atoms. The number of oxime groups is 1. The zero-order valence-corrected chi connectivity index (χ0v) is 10.8. The zero-order chi connectivity index (χ0) is 12.3. The van der Waals surface area contributed by atoms with Gasteiger partial charge in [-0.3, -0.25) is 0 Å². The summed E-state index contributed by atoms with van der Waals surface area (Å²) in [7, 11) is 0. The van der Waals surface area contributed by atoms with Gasteiger partial charge in [-0.2, -0.15) is 0 Å². The summed E-state index contributed by atoms with van der Waals surface area (Å²) in [6.45, 7) is 8.09. The highest BCUT2D eigenvalue weighted by Crippen LogP contribution is 2.25. The maximum Gasteiger partial charge on any atom is 0.271 e. The van der Waals surface area contributed by atoms with E-state index in [1.165, 1.54) is 0 Å². The van der Waals surface area contributed by atoms with Crippen molar-refractivity contribution in [2.75, 3.05) is 19.8 Å². The van der Waals surface area contributed by atoms with Gasteiger partial charge in [0.15, 0.2) is 0 Å². The van der Waals surface area contributed by atoms with E-state index in [0.717, 1.165) is 19.4 Å². The van der Waals surface area contributed by atoms with Crippen molar-refractivity contribution in [2.45, 2.75) is 45.5 Å². The number of hydrogen-bond acceptors (Lipinski definition) is 5. The Morgan fingerprint density at radius 2 is 2.29 bits per heavy atom. The third-order valence-corrected chi connectivity index (χ3v) is 2.86. The Morgan fingerprint density at radius 3 is 2.82 bits per heavy atom. The van der Waals surface area contributed by atoms with Gasteiger partial charge in [0.05, 0.1) is 13.2 Å². The van der Waals surface area contributed by atoms with Crippen molar-refractivity contribution in [3.8, 4) is 0 Å². The van der Waals surface area contributed by atoms with Crippen molar-refractivity contribution in [3.63, 3.8) is 0 Å². The fourth-order valence-corrected chi connectivity index (χ4v) is 1.71. The normalized spacial score (nSPS) is 27.0. The first-order valence-electron chi connectivity index (χ1n) is 6.25.